The van der Waals surface area contributed by atoms with Gasteiger partial charge in [-0.15, -0.1) is 0 Å². The summed E-state index contributed by atoms with van der Waals surface area (Å²) in [5.41, 5.74) is 13.5. The number of nitrogens with two attached hydrogens (primary N) is 2. The fraction of sp³-hybridized carbons (Fsp3) is 0.647. The van der Waals surface area contributed by atoms with Crippen LogP contribution in [0.1, 0.15) is 57.8 Å². The molecule has 4 heteroatoms. The number of benzene rings is 1. The zero-order valence-corrected chi connectivity index (χ0v) is 13.7. The van der Waals surface area contributed by atoms with Crippen molar-refractivity contribution in [3.63, 3.8) is 0 Å². The third-order valence-corrected chi connectivity index (χ3v) is 3.56. The number of hydrogen-bond donors (Lipinski definition) is 3. The van der Waals surface area contributed by atoms with E-state index in [0.717, 1.165) is 17.5 Å². The zero-order valence-electron chi connectivity index (χ0n) is 13.7. The summed E-state index contributed by atoms with van der Waals surface area (Å²) in [6.07, 6.45) is 0.738. The van der Waals surface area contributed by atoms with Gasteiger partial charge in [0.15, 0.2) is 0 Å². The lowest BCUT2D eigenvalue weighted by molar-refractivity contribution is 0.138. The average molecular weight is 294 g/mol. The van der Waals surface area contributed by atoms with Crippen molar-refractivity contribution >= 4 is 0 Å². The maximum absolute atomic E-state index is 10.5. The molecule has 0 aliphatic carbocycles. The summed E-state index contributed by atoms with van der Waals surface area (Å²) in [6.45, 7) is 9.57. The van der Waals surface area contributed by atoms with Gasteiger partial charge in [0.05, 0.1) is 12.7 Å². The van der Waals surface area contributed by atoms with Crippen molar-refractivity contribution in [1.82, 2.24) is 0 Å². The van der Waals surface area contributed by atoms with Crippen LogP contribution < -0.4 is 16.2 Å². The van der Waals surface area contributed by atoms with E-state index >= 15 is 0 Å². The summed E-state index contributed by atoms with van der Waals surface area (Å²) in [5, 5.41) is 10.5. The molecule has 0 fully saturated rings. The summed E-state index contributed by atoms with van der Waals surface area (Å²) >= 11 is 0. The Hall–Kier alpha value is -1.10. The van der Waals surface area contributed by atoms with Gasteiger partial charge in [-0.2, -0.15) is 0 Å². The minimum atomic E-state index is -0.761. The Morgan fingerprint density at radius 2 is 1.95 bits per heavy atom. The van der Waals surface area contributed by atoms with Gasteiger partial charge in [0.25, 0.3) is 0 Å². The quantitative estimate of drug-likeness (QED) is 0.721. The van der Waals surface area contributed by atoms with E-state index in [4.69, 9.17) is 16.2 Å². The molecule has 0 amide bonds. The first kappa shape index (κ1) is 18.0. The van der Waals surface area contributed by atoms with Crippen LogP contribution in [0.4, 0.5) is 0 Å². The van der Waals surface area contributed by atoms with Crippen LogP contribution in [0.15, 0.2) is 18.2 Å². The average Bonchev–Trinajstić information content (AvgIpc) is 2.43. The fourth-order valence-corrected chi connectivity index (χ4v) is 2.17. The first-order valence-corrected chi connectivity index (χ1v) is 7.72. The van der Waals surface area contributed by atoms with Gasteiger partial charge in [-0.05, 0) is 42.5 Å². The molecule has 0 aliphatic heterocycles. The van der Waals surface area contributed by atoms with Gasteiger partial charge in [-0.3, -0.25) is 0 Å². The molecule has 0 heterocycles. The lowest BCUT2D eigenvalue weighted by atomic mass is 9.84. The molecule has 0 aromatic heterocycles. The minimum absolute atomic E-state index is 0.00964. The molecule has 0 radical (unpaired) electrons. The highest BCUT2D eigenvalue weighted by molar-refractivity contribution is 5.41. The number of aliphatic hydroxyl groups excluding tert-OH is 1. The third-order valence-electron chi connectivity index (χ3n) is 3.56. The van der Waals surface area contributed by atoms with Crippen LogP contribution in [0.5, 0.6) is 5.75 Å². The molecule has 1 aromatic rings. The van der Waals surface area contributed by atoms with Gasteiger partial charge < -0.3 is 21.3 Å². The molecule has 4 nitrogen and oxygen atoms in total. The van der Waals surface area contributed by atoms with Crippen molar-refractivity contribution < 1.29 is 9.84 Å². The Balaban J connectivity index is 3.15. The smallest absolute Gasteiger partial charge is 0.125 e. The van der Waals surface area contributed by atoms with Gasteiger partial charge in [-0.1, -0.05) is 33.8 Å². The predicted molar refractivity (Wildman–Crippen MR) is 87.5 cm³/mol. The van der Waals surface area contributed by atoms with Crippen LogP contribution in [0.25, 0.3) is 0 Å². The van der Waals surface area contributed by atoms with Crippen LogP contribution in [0, 0.1) is 0 Å². The van der Waals surface area contributed by atoms with Crippen molar-refractivity contribution in [2.75, 3.05) is 13.2 Å². The van der Waals surface area contributed by atoms with Crippen molar-refractivity contribution in [3.8, 4) is 5.75 Å². The van der Waals surface area contributed by atoms with E-state index in [9.17, 15) is 5.11 Å². The SMILES string of the molecule is CCCOc1ccc(C(C)(C)C)cc1C(O)C(N)CCN. The molecule has 0 aliphatic rings. The Morgan fingerprint density at radius 3 is 2.48 bits per heavy atom. The van der Waals surface area contributed by atoms with Crippen molar-refractivity contribution in [1.29, 1.82) is 0 Å². The monoisotopic (exact) mass is 294 g/mol. The number of hydrogen-bond acceptors (Lipinski definition) is 4. The zero-order chi connectivity index (χ0) is 16.0. The van der Waals surface area contributed by atoms with E-state index in [2.05, 4.69) is 33.8 Å². The van der Waals surface area contributed by atoms with Crippen LogP contribution in [0.2, 0.25) is 0 Å². The van der Waals surface area contributed by atoms with Crippen molar-refractivity contribution in [3.05, 3.63) is 29.3 Å². The summed E-state index contributed by atoms with van der Waals surface area (Å²) in [6, 6.07) is 5.61. The van der Waals surface area contributed by atoms with E-state index in [1.54, 1.807) is 0 Å². The Bertz CT molecular complexity index is 441. The molecule has 2 unspecified atom stereocenters. The van der Waals surface area contributed by atoms with E-state index in [-0.39, 0.29) is 11.5 Å². The lowest BCUT2D eigenvalue weighted by Gasteiger charge is -2.25. The number of ether oxygens (including phenoxy) is 1. The molecule has 21 heavy (non-hydrogen) atoms. The van der Waals surface area contributed by atoms with Crippen LogP contribution >= 0.6 is 0 Å². The summed E-state index contributed by atoms with van der Waals surface area (Å²) in [4.78, 5) is 0. The molecule has 0 saturated carbocycles. The van der Waals surface area contributed by atoms with Gasteiger partial charge >= 0.3 is 0 Å². The second-order valence-corrected chi connectivity index (χ2v) is 6.54. The molecule has 5 N–H and O–H groups in total. The molecular weight excluding hydrogens is 264 g/mol. The van der Waals surface area contributed by atoms with Crippen LogP contribution in [0.3, 0.4) is 0 Å². The minimum Gasteiger partial charge on any atom is -0.493 e. The third kappa shape index (κ3) is 4.99. The highest BCUT2D eigenvalue weighted by Crippen LogP contribution is 2.33. The second-order valence-electron chi connectivity index (χ2n) is 6.54. The van der Waals surface area contributed by atoms with Gasteiger partial charge in [0.1, 0.15) is 5.75 Å². The van der Waals surface area contributed by atoms with E-state index < -0.39 is 6.10 Å². The first-order chi connectivity index (χ1) is 9.81. The summed E-state index contributed by atoms with van der Waals surface area (Å²) < 4.78 is 5.76. The Labute approximate surface area is 128 Å². The molecule has 1 rings (SSSR count). The molecule has 0 bridgehead atoms. The first-order valence-electron chi connectivity index (χ1n) is 7.72. The topological polar surface area (TPSA) is 81.5 Å². The molecule has 120 valence electrons. The maximum atomic E-state index is 10.5. The molecule has 0 spiro atoms. The fourth-order valence-electron chi connectivity index (χ4n) is 2.17. The molecule has 0 saturated heterocycles. The maximum Gasteiger partial charge on any atom is 0.125 e. The summed E-state index contributed by atoms with van der Waals surface area (Å²) in [7, 11) is 0. The van der Waals surface area contributed by atoms with E-state index in [0.29, 0.717) is 25.3 Å². The van der Waals surface area contributed by atoms with E-state index in [1.165, 1.54) is 0 Å². The molecular formula is C17H30N2O2. The van der Waals surface area contributed by atoms with Crippen molar-refractivity contribution in [2.24, 2.45) is 11.5 Å². The van der Waals surface area contributed by atoms with Gasteiger partial charge in [-0.25, -0.2) is 0 Å². The van der Waals surface area contributed by atoms with Gasteiger partial charge in [0, 0.05) is 11.6 Å². The molecule has 2 atom stereocenters. The highest BCUT2D eigenvalue weighted by Gasteiger charge is 2.23. The normalized spacial score (nSPS) is 14.8. The largest absolute Gasteiger partial charge is 0.493 e. The number of aliphatic hydroxyl groups is 1. The van der Waals surface area contributed by atoms with Gasteiger partial charge in [0.2, 0.25) is 0 Å². The number of rotatable bonds is 7. The second kappa shape index (κ2) is 7.78. The Morgan fingerprint density at radius 1 is 1.29 bits per heavy atom. The standard InChI is InChI=1S/C17H30N2O2/c1-5-10-21-15-7-6-12(17(2,3)4)11-13(15)16(20)14(19)8-9-18/h6-7,11,14,16,20H,5,8-10,18-19H2,1-4H3. The Kier molecular flexibility index (Phi) is 6.65. The molecule has 1 aromatic carbocycles. The predicted octanol–water partition coefficient (Wildman–Crippen LogP) is 2.48. The lowest BCUT2D eigenvalue weighted by Crippen LogP contribution is -2.31. The van der Waals surface area contributed by atoms with Crippen LogP contribution in [-0.4, -0.2) is 24.3 Å². The highest BCUT2D eigenvalue weighted by atomic mass is 16.5. The summed E-state index contributed by atoms with van der Waals surface area (Å²) in [5.74, 6) is 0.713. The van der Waals surface area contributed by atoms with E-state index in [1.807, 2.05) is 12.1 Å². The van der Waals surface area contributed by atoms with Crippen LogP contribution in [-0.2, 0) is 5.41 Å². The van der Waals surface area contributed by atoms with Crippen molar-refractivity contribution in [2.45, 2.75) is 58.1 Å².